The molecule has 0 aromatic rings. The van der Waals surface area contributed by atoms with Crippen molar-refractivity contribution in [1.82, 2.24) is 0 Å². The van der Waals surface area contributed by atoms with Gasteiger partial charge in [0.15, 0.2) is 0 Å². The average molecular weight is 523 g/mol. The minimum Gasteiger partial charge on any atom is -0.128 e. The van der Waals surface area contributed by atoms with E-state index < -0.39 is 0 Å². The largest absolute Gasteiger partial charge is 0.128 e. The Hall–Kier alpha value is 0.0900. The molecule has 36 heavy (non-hydrogen) atoms. The number of hydrogen-bond acceptors (Lipinski definition) is 1. The van der Waals surface area contributed by atoms with Crippen molar-refractivity contribution in [3.63, 3.8) is 0 Å². The summed E-state index contributed by atoms with van der Waals surface area (Å²) in [6.07, 6.45) is 38.8. The fourth-order valence-electron chi connectivity index (χ4n) is 5.68. The van der Waals surface area contributed by atoms with E-state index in [1.807, 2.05) is 0 Å². The summed E-state index contributed by atoms with van der Waals surface area (Å²) >= 11 is 2.05. The van der Waals surface area contributed by atoms with Gasteiger partial charge in [-0.3, -0.25) is 0 Å². The van der Waals surface area contributed by atoms with E-state index in [1.165, 1.54) is 178 Å². The standard InChI is InChI=1S/C35H70S/c1-6-8-9-10-11-12-13-14-15-16-17-18-19-20-21-22-23-24-25-26-27-28-29-31-34(4)36-35(5)32-33(3)30-7-2/h33,35H,4,6-32H2,1-3,5H3. The van der Waals surface area contributed by atoms with Crippen molar-refractivity contribution in [1.29, 1.82) is 0 Å². The van der Waals surface area contributed by atoms with Gasteiger partial charge in [-0.2, -0.15) is 0 Å². The second kappa shape index (κ2) is 29.6. The molecule has 0 rings (SSSR count). The van der Waals surface area contributed by atoms with E-state index in [9.17, 15) is 0 Å². The molecule has 0 N–H and O–H groups in total. The minimum absolute atomic E-state index is 0.739. The van der Waals surface area contributed by atoms with Crippen LogP contribution in [0.15, 0.2) is 11.5 Å². The summed E-state index contributed by atoms with van der Waals surface area (Å²) in [4.78, 5) is 1.43. The quantitative estimate of drug-likeness (QED) is 0.0845. The van der Waals surface area contributed by atoms with Gasteiger partial charge < -0.3 is 0 Å². The first-order valence-electron chi connectivity index (χ1n) is 16.9. The Bertz CT molecular complexity index is 428. The van der Waals surface area contributed by atoms with Crippen LogP contribution < -0.4 is 0 Å². The zero-order valence-electron chi connectivity index (χ0n) is 25.9. The van der Waals surface area contributed by atoms with Crippen LogP contribution in [-0.4, -0.2) is 5.25 Å². The lowest BCUT2D eigenvalue weighted by Gasteiger charge is -2.17. The Morgan fingerprint density at radius 2 is 0.833 bits per heavy atom. The fraction of sp³-hybridized carbons (Fsp3) is 0.943. The molecule has 0 bridgehead atoms. The van der Waals surface area contributed by atoms with Gasteiger partial charge in [-0.05, 0) is 30.1 Å². The van der Waals surface area contributed by atoms with Gasteiger partial charge in [-0.15, -0.1) is 11.8 Å². The van der Waals surface area contributed by atoms with Gasteiger partial charge in [0.1, 0.15) is 0 Å². The summed E-state index contributed by atoms with van der Waals surface area (Å²) in [7, 11) is 0. The topological polar surface area (TPSA) is 0 Å². The number of hydrogen-bond donors (Lipinski definition) is 0. The summed E-state index contributed by atoms with van der Waals surface area (Å²) in [6.45, 7) is 13.7. The van der Waals surface area contributed by atoms with Gasteiger partial charge in [-0.1, -0.05) is 188 Å². The Balaban J connectivity index is 3.20. The van der Waals surface area contributed by atoms with E-state index in [1.54, 1.807) is 0 Å². The third-order valence-corrected chi connectivity index (χ3v) is 9.08. The molecule has 0 radical (unpaired) electrons. The highest BCUT2D eigenvalue weighted by atomic mass is 32.2. The summed E-state index contributed by atoms with van der Waals surface area (Å²) < 4.78 is 0. The number of unbranched alkanes of at least 4 members (excludes halogenated alkanes) is 22. The van der Waals surface area contributed by atoms with Crippen LogP contribution in [0.3, 0.4) is 0 Å². The molecule has 0 fully saturated rings. The van der Waals surface area contributed by atoms with Crippen LogP contribution in [-0.2, 0) is 0 Å². The maximum absolute atomic E-state index is 4.34. The first kappa shape index (κ1) is 36.1. The molecule has 0 spiro atoms. The van der Waals surface area contributed by atoms with Gasteiger partial charge in [0.2, 0.25) is 0 Å². The predicted molar refractivity (Wildman–Crippen MR) is 171 cm³/mol. The van der Waals surface area contributed by atoms with Crippen molar-refractivity contribution in [2.75, 3.05) is 0 Å². The third-order valence-electron chi connectivity index (χ3n) is 7.94. The Kier molecular flexibility index (Phi) is 29.7. The van der Waals surface area contributed by atoms with Crippen LogP contribution in [0.5, 0.6) is 0 Å². The molecule has 0 aliphatic heterocycles. The maximum Gasteiger partial charge on any atom is 0.00651 e. The lowest BCUT2D eigenvalue weighted by atomic mass is 10.0. The molecule has 0 saturated carbocycles. The Morgan fingerprint density at radius 1 is 0.500 bits per heavy atom. The summed E-state index contributed by atoms with van der Waals surface area (Å²) in [6, 6.07) is 0. The van der Waals surface area contributed by atoms with Crippen LogP contribution >= 0.6 is 11.8 Å². The van der Waals surface area contributed by atoms with E-state index >= 15 is 0 Å². The highest BCUT2D eigenvalue weighted by Crippen LogP contribution is 2.29. The van der Waals surface area contributed by atoms with Crippen LogP contribution in [0.4, 0.5) is 0 Å². The number of allylic oxidation sites excluding steroid dienone is 1. The number of rotatable bonds is 30. The van der Waals surface area contributed by atoms with E-state index in [2.05, 4.69) is 46.0 Å². The molecular formula is C35H70S. The van der Waals surface area contributed by atoms with E-state index in [0.29, 0.717) is 0 Å². The normalized spacial score (nSPS) is 13.2. The molecule has 2 atom stereocenters. The van der Waals surface area contributed by atoms with Gasteiger partial charge >= 0.3 is 0 Å². The monoisotopic (exact) mass is 523 g/mol. The first-order valence-corrected chi connectivity index (χ1v) is 17.8. The average Bonchev–Trinajstić information content (AvgIpc) is 2.84. The van der Waals surface area contributed by atoms with Crippen LogP contribution in [0.2, 0.25) is 0 Å². The predicted octanol–water partition coefficient (Wildman–Crippen LogP) is 13.8. The SMILES string of the molecule is C=C(CCCCCCCCCCCCCCCCCCCCCCCCC)SC(C)CC(C)CCC. The maximum atomic E-state index is 4.34. The second-order valence-corrected chi connectivity index (χ2v) is 13.7. The van der Waals surface area contributed by atoms with Crippen LogP contribution in [0, 0.1) is 5.92 Å². The zero-order valence-corrected chi connectivity index (χ0v) is 26.7. The second-order valence-electron chi connectivity index (χ2n) is 12.1. The Morgan fingerprint density at radius 3 is 1.17 bits per heavy atom. The molecule has 0 aromatic carbocycles. The van der Waals surface area contributed by atoms with Crippen molar-refractivity contribution in [2.24, 2.45) is 5.92 Å². The summed E-state index contributed by atoms with van der Waals surface area (Å²) in [5.41, 5.74) is 0. The molecule has 0 aliphatic rings. The highest BCUT2D eigenvalue weighted by Gasteiger charge is 2.10. The molecule has 216 valence electrons. The molecule has 0 aliphatic carbocycles. The van der Waals surface area contributed by atoms with E-state index in [-0.39, 0.29) is 0 Å². The van der Waals surface area contributed by atoms with Crippen LogP contribution in [0.1, 0.15) is 201 Å². The minimum atomic E-state index is 0.739. The van der Waals surface area contributed by atoms with Gasteiger partial charge in [0.25, 0.3) is 0 Å². The van der Waals surface area contributed by atoms with Gasteiger partial charge in [0, 0.05) is 5.25 Å². The molecule has 0 heterocycles. The smallest absolute Gasteiger partial charge is 0.00651 e. The van der Waals surface area contributed by atoms with Crippen LogP contribution in [0.25, 0.3) is 0 Å². The zero-order chi connectivity index (χ0) is 26.5. The molecule has 0 nitrogen and oxygen atoms in total. The van der Waals surface area contributed by atoms with Crippen molar-refractivity contribution in [3.05, 3.63) is 11.5 Å². The molecule has 0 amide bonds. The summed E-state index contributed by atoms with van der Waals surface area (Å²) in [5, 5.41) is 0.739. The van der Waals surface area contributed by atoms with Crippen molar-refractivity contribution in [2.45, 2.75) is 206 Å². The summed E-state index contributed by atoms with van der Waals surface area (Å²) in [5.74, 6) is 0.865. The molecular weight excluding hydrogens is 452 g/mol. The van der Waals surface area contributed by atoms with Crippen molar-refractivity contribution >= 4 is 11.8 Å². The fourth-order valence-corrected chi connectivity index (χ4v) is 6.93. The third kappa shape index (κ3) is 28.7. The van der Waals surface area contributed by atoms with E-state index in [0.717, 1.165) is 11.2 Å². The van der Waals surface area contributed by atoms with Gasteiger partial charge in [-0.25, -0.2) is 0 Å². The lowest BCUT2D eigenvalue weighted by Crippen LogP contribution is -2.04. The molecule has 0 saturated heterocycles. The number of thioether (sulfide) groups is 1. The first-order chi connectivity index (χ1) is 17.6. The Labute approximate surface area is 235 Å². The molecule has 0 aromatic heterocycles. The molecule has 1 heteroatoms. The van der Waals surface area contributed by atoms with Crippen molar-refractivity contribution in [3.8, 4) is 0 Å². The lowest BCUT2D eigenvalue weighted by molar-refractivity contribution is 0.486. The highest BCUT2D eigenvalue weighted by molar-refractivity contribution is 8.03. The van der Waals surface area contributed by atoms with Gasteiger partial charge in [0.05, 0.1) is 0 Å². The van der Waals surface area contributed by atoms with Crippen molar-refractivity contribution < 1.29 is 0 Å². The van der Waals surface area contributed by atoms with E-state index in [4.69, 9.17) is 0 Å². The molecule has 2 unspecified atom stereocenters.